The summed E-state index contributed by atoms with van der Waals surface area (Å²) in [5.41, 5.74) is 2.28. The Bertz CT molecular complexity index is 1030. The number of aromatic nitrogens is 2. The number of thiazole rings is 1. The number of aryl methyl sites for hydroxylation is 1. The largest absolute Gasteiger partial charge is 0.487 e. The monoisotopic (exact) mass is 436 g/mol. The van der Waals surface area contributed by atoms with E-state index in [9.17, 15) is 9.59 Å². The van der Waals surface area contributed by atoms with E-state index in [2.05, 4.69) is 9.97 Å². The molecule has 31 heavy (non-hydrogen) atoms. The van der Waals surface area contributed by atoms with Gasteiger partial charge in [0.05, 0.1) is 17.1 Å². The van der Waals surface area contributed by atoms with E-state index in [-0.39, 0.29) is 18.2 Å². The van der Waals surface area contributed by atoms with Crippen molar-refractivity contribution in [1.29, 1.82) is 0 Å². The molecule has 0 radical (unpaired) electrons. The number of rotatable bonds is 6. The van der Waals surface area contributed by atoms with E-state index in [4.69, 9.17) is 4.74 Å². The fourth-order valence-corrected chi connectivity index (χ4v) is 4.03. The van der Waals surface area contributed by atoms with E-state index in [1.807, 2.05) is 30.5 Å². The molecule has 1 aromatic carbocycles. The second-order valence-electron chi connectivity index (χ2n) is 7.34. The van der Waals surface area contributed by atoms with Crippen LogP contribution in [0.4, 0.5) is 0 Å². The maximum Gasteiger partial charge on any atom is 0.253 e. The lowest BCUT2D eigenvalue weighted by molar-refractivity contribution is -0.132. The second kappa shape index (κ2) is 9.70. The van der Waals surface area contributed by atoms with Crippen LogP contribution < -0.4 is 4.74 Å². The molecular weight excluding hydrogens is 412 g/mol. The van der Waals surface area contributed by atoms with E-state index in [0.717, 1.165) is 16.4 Å². The zero-order valence-electron chi connectivity index (χ0n) is 17.4. The molecule has 1 aliphatic rings. The summed E-state index contributed by atoms with van der Waals surface area (Å²) in [7, 11) is 0. The summed E-state index contributed by atoms with van der Waals surface area (Å²) >= 11 is 1.59. The molecule has 1 fully saturated rings. The minimum Gasteiger partial charge on any atom is -0.487 e. The quantitative estimate of drug-likeness (QED) is 0.594. The van der Waals surface area contributed by atoms with E-state index in [1.165, 1.54) is 0 Å². The Kier molecular flexibility index (Phi) is 6.57. The molecule has 2 aromatic heterocycles. The van der Waals surface area contributed by atoms with Crippen LogP contribution in [0.5, 0.6) is 5.75 Å². The Labute approximate surface area is 185 Å². The number of nitrogens with zero attached hydrogens (tertiary/aromatic N) is 4. The number of pyridine rings is 1. The predicted octanol–water partition coefficient (Wildman–Crippen LogP) is 2.95. The molecule has 160 valence electrons. The Balaban J connectivity index is 1.26. The molecule has 3 aromatic rings. The van der Waals surface area contributed by atoms with Crippen molar-refractivity contribution in [2.24, 2.45) is 0 Å². The highest BCUT2D eigenvalue weighted by molar-refractivity contribution is 7.09. The minimum atomic E-state index is -0.0292. The van der Waals surface area contributed by atoms with Crippen molar-refractivity contribution in [2.75, 3.05) is 26.2 Å². The van der Waals surface area contributed by atoms with E-state index in [1.54, 1.807) is 51.6 Å². The third kappa shape index (κ3) is 5.46. The molecule has 0 spiro atoms. The number of carbonyl (C=O) groups is 2. The maximum absolute atomic E-state index is 12.8. The number of piperazine rings is 1. The first-order valence-corrected chi connectivity index (χ1v) is 11.1. The van der Waals surface area contributed by atoms with Gasteiger partial charge in [-0.3, -0.25) is 14.6 Å². The number of amides is 2. The summed E-state index contributed by atoms with van der Waals surface area (Å²) in [5.74, 6) is 0.716. The molecule has 1 aliphatic heterocycles. The molecule has 2 amide bonds. The average Bonchev–Trinajstić information content (AvgIpc) is 3.23. The average molecular weight is 437 g/mol. The van der Waals surface area contributed by atoms with Gasteiger partial charge in [0.2, 0.25) is 5.91 Å². The van der Waals surface area contributed by atoms with Crippen molar-refractivity contribution in [1.82, 2.24) is 19.8 Å². The maximum atomic E-state index is 12.8. The van der Waals surface area contributed by atoms with Gasteiger partial charge in [-0.2, -0.15) is 0 Å². The van der Waals surface area contributed by atoms with Gasteiger partial charge in [0, 0.05) is 49.0 Å². The number of carbonyl (C=O) groups excluding carboxylic acids is 2. The van der Waals surface area contributed by atoms with Gasteiger partial charge in [-0.1, -0.05) is 6.07 Å². The van der Waals surface area contributed by atoms with Crippen molar-refractivity contribution in [2.45, 2.75) is 20.0 Å². The van der Waals surface area contributed by atoms with Crippen LogP contribution in [0.25, 0.3) is 0 Å². The molecule has 7 nitrogen and oxygen atoms in total. The van der Waals surface area contributed by atoms with Crippen molar-refractivity contribution in [3.63, 3.8) is 0 Å². The zero-order valence-corrected chi connectivity index (χ0v) is 18.2. The number of hydrogen-bond donors (Lipinski definition) is 0. The Morgan fingerprint density at radius 2 is 1.74 bits per heavy atom. The summed E-state index contributed by atoms with van der Waals surface area (Å²) < 4.78 is 5.74. The molecule has 0 atom stereocenters. The summed E-state index contributed by atoms with van der Waals surface area (Å²) in [4.78, 5) is 37.5. The molecule has 4 rings (SSSR count). The van der Waals surface area contributed by atoms with E-state index in [0.29, 0.717) is 44.1 Å². The topological polar surface area (TPSA) is 75.6 Å². The van der Waals surface area contributed by atoms with Crippen LogP contribution >= 0.6 is 11.3 Å². The van der Waals surface area contributed by atoms with E-state index >= 15 is 0 Å². The van der Waals surface area contributed by atoms with Gasteiger partial charge in [-0.25, -0.2) is 4.98 Å². The smallest absolute Gasteiger partial charge is 0.253 e. The predicted molar refractivity (Wildman–Crippen MR) is 118 cm³/mol. The fraction of sp³-hybridized carbons (Fsp3) is 0.304. The Morgan fingerprint density at radius 3 is 2.39 bits per heavy atom. The number of benzene rings is 1. The van der Waals surface area contributed by atoms with Crippen LogP contribution in [0.1, 0.15) is 26.8 Å². The SMILES string of the molecule is Cc1nc(COc2ccc(C(=O)N3CCN(C(=O)Cc4ccccn4)CC3)cc2)cs1. The normalized spacial score (nSPS) is 13.8. The summed E-state index contributed by atoms with van der Waals surface area (Å²) in [6, 6.07) is 12.7. The standard InChI is InChI=1S/C23H24N4O3S/c1-17-25-20(16-31-17)15-30-21-7-5-18(6-8-21)23(29)27-12-10-26(11-13-27)22(28)14-19-4-2-3-9-24-19/h2-9,16H,10-15H2,1H3. The first kappa shape index (κ1) is 21.0. The number of hydrogen-bond acceptors (Lipinski definition) is 6. The highest BCUT2D eigenvalue weighted by atomic mass is 32.1. The van der Waals surface area contributed by atoms with Crippen LogP contribution in [0.15, 0.2) is 54.0 Å². The molecule has 0 aliphatic carbocycles. The molecule has 0 unspecified atom stereocenters. The third-order valence-electron chi connectivity index (χ3n) is 5.13. The van der Waals surface area contributed by atoms with Crippen molar-refractivity contribution in [3.05, 3.63) is 76.0 Å². The van der Waals surface area contributed by atoms with Crippen molar-refractivity contribution >= 4 is 23.2 Å². The van der Waals surface area contributed by atoms with Crippen LogP contribution in [-0.4, -0.2) is 57.8 Å². The van der Waals surface area contributed by atoms with Crippen LogP contribution in [0.2, 0.25) is 0 Å². The summed E-state index contributed by atoms with van der Waals surface area (Å²) in [6.07, 6.45) is 1.98. The molecule has 1 saturated heterocycles. The van der Waals surface area contributed by atoms with Gasteiger partial charge < -0.3 is 14.5 Å². The third-order valence-corrected chi connectivity index (χ3v) is 5.95. The Hall–Kier alpha value is -3.26. The van der Waals surface area contributed by atoms with Gasteiger partial charge in [0.1, 0.15) is 12.4 Å². The Morgan fingerprint density at radius 1 is 1.00 bits per heavy atom. The molecule has 0 N–H and O–H groups in total. The molecular formula is C23H24N4O3S. The fourth-order valence-electron chi connectivity index (χ4n) is 3.44. The van der Waals surface area contributed by atoms with E-state index < -0.39 is 0 Å². The van der Waals surface area contributed by atoms with Crippen molar-refractivity contribution in [3.8, 4) is 5.75 Å². The molecule has 3 heterocycles. The highest BCUT2D eigenvalue weighted by Gasteiger charge is 2.25. The van der Waals surface area contributed by atoms with Crippen LogP contribution in [0.3, 0.4) is 0 Å². The second-order valence-corrected chi connectivity index (χ2v) is 8.40. The summed E-state index contributed by atoms with van der Waals surface area (Å²) in [6.45, 7) is 4.48. The molecule has 0 saturated carbocycles. The first-order valence-electron chi connectivity index (χ1n) is 10.2. The van der Waals surface area contributed by atoms with Gasteiger partial charge >= 0.3 is 0 Å². The van der Waals surface area contributed by atoms with Crippen LogP contribution in [-0.2, 0) is 17.8 Å². The molecule has 8 heteroatoms. The lowest BCUT2D eigenvalue weighted by atomic mass is 10.1. The number of ether oxygens (including phenoxy) is 1. The van der Waals surface area contributed by atoms with Gasteiger partial charge in [-0.15, -0.1) is 11.3 Å². The lowest BCUT2D eigenvalue weighted by Crippen LogP contribution is -2.51. The lowest BCUT2D eigenvalue weighted by Gasteiger charge is -2.34. The minimum absolute atomic E-state index is 0.0292. The zero-order chi connectivity index (χ0) is 21.6. The highest BCUT2D eigenvalue weighted by Crippen LogP contribution is 2.17. The van der Waals surface area contributed by atoms with Gasteiger partial charge in [0.25, 0.3) is 5.91 Å². The van der Waals surface area contributed by atoms with Gasteiger partial charge in [0.15, 0.2) is 0 Å². The summed E-state index contributed by atoms with van der Waals surface area (Å²) in [5, 5.41) is 2.99. The molecule has 0 bridgehead atoms. The van der Waals surface area contributed by atoms with Crippen LogP contribution in [0, 0.1) is 6.92 Å². The van der Waals surface area contributed by atoms with Crippen molar-refractivity contribution < 1.29 is 14.3 Å². The van der Waals surface area contributed by atoms with Gasteiger partial charge in [-0.05, 0) is 43.3 Å². The first-order chi connectivity index (χ1) is 15.1.